The molecule has 100 valence electrons. The minimum Gasteiger partial charge on any atom is -0.387 e. The summed E-state index contributed by atoms with van der Waals surface area (Å²) in [5.41, 5.74) is 0.688. The van der Waals surface area contributed by atoms with Gasteiger partial charge in [0.2, 0.25) is 0 Å². The number of aryl methyl sites for hydroxylation is 1. The van der Waals surface area contributed by atoms with Crippen molar-refractivity contribution in [3.63, 3.8) is 0 Å². The first kappa shape index (κ1) is 14.7. The van der Waals surface area contributed by atoms with E-state index in [-0.39, 0.29) is 5.41 Å². The van der Waals surface area contributed by atoms with E-state index in [4.69, 9.17) is 0 Å². The van der Waals surface area contributed by atoms with E-state index in [1.54, 1.807) is 11.6 Å². The van der Waals surface area contributed by atoms with Crippen LogP contribution in [-0.4, -0.2) is 14.9 Å². The monoisotopic (exact) mass is 249 g/mol. The van der Waals surface area contributed by atoms with Gasteiger partial charge in [-0.25, -0.2) is 0 Å². The van der Waals surface area contributed by atoms with Gasteiger partial charge in [-0.3, -0.25) is 4.68 Å². The number of aromatic nitrogens is 2. The predicted molar refractivity (Wildman–Crippen MR) is 70.9 cm³/mol. The van der Waals surface area contributed by atoms with E-state index in [1.165, 1.54) is 0 Å². The molecule has 18 heavy (non-hydrogen) atoms. The molecule has 4 heteroatoms. The highest BCUT2D eigenvalue weighted by Gasteiger charge is 2.37. The minimum atomic E-state index is -0.810. The van der Waals surface area contributed by atoms with Crippen LogP contribution in [0.2, 0.25) is 0 Å². The Morgan fingerprint density at radius 1 is 1.44 bits per heavy atom. The highest BCUT2D eigenvalue weighted by atomic mass is 16.3. The summed E-state index contributed by atoms with van der Waals surface area (Å²) in [5, 5.41) is 24.2. The fraction of sp³-hybridized carbons (Fsp3) is 0.714. The molecule has 0 radical (unpaired) electrons. The van der Waals surface area contributed by atoms with Crippen molar-refractivity contribution in [2.24, 2.45) is 12.5 Å². The number of nitrogens with zero attached hydrogens (tertiary/aromatic N) is 3. The molecular weight excluding hydrogens is 226 g/mol. The maximum Gasteiger partial charge on any atom is 0.101 e. The molecule has 1 N–H and O–H groups in total. The van der Waals surface area contributed by atoms with E-state index in [0.717, 1.165) is 11.3 Å². The van der Waals surface area contributed by atoms with Gasteiger partial charge in [-0.05, 0) is 13.3 Å². The van der Waals surface area contributed by atoms with Crippen molar-refractivity contribution >= 4 is 0 Å². The Morgan fingerprint density at radius 2 is 2.00 bits per heavy atom. The lowest BCUT2D eigenvalue weighted by Gasteiger charge is -2.28. The highest BCUT2D eigenvalue weighted by molar-refractivity contribution is 5.29. The molecule has 0 saturated heterocycles. The Bertz CT molecular complexity index is 464. The van der Waals surface area contributed by atoms with Crippen LogP contribution in [0.25, 0.3) is 0 Å². The van der Waals surface area contributed by atoms with Crippen molar-refractivity contribution in [1.82, 2.24) is 9.78 Å². The molecule has 2 atom stereocenters. The second kappa shape index (κ2) is 4.74. The number of aliphatic hydroxyl groups excluding tert-OH is 1. The summed E-state index contributed by atoms with van der Waals surface area (Å²) in [7, 11) is 1.83. The molecule has 1 rings (SSSR count). The number of aliphatic hydroxyl groups is 1. The lowest BCUT2D eigenvalue weighted by atomic mass is 9.77. The molecule has 0 fully saturated rings. The molecule has 4 nitrogen and oxygen atoms in total. The maximum atomic E-state index is 10.5. The molecule has 0 aliphatic rings. The Hall–Kier alpha value is -1.34. The van der Waals surface area contributed by atoms with E-state index in [9.17, 15) is 10.4 Å². The number of hydrogen-bond donors (Lipinski definition) is 1. The topological polar surface area (TPSA) is 61.8 Å². The molecule has 0 amide bonds. The average molecular weight is 249 g/mol. The van der Waals surface area contributed by atoms with Gasteiger partial charge in [0.25, 0.3) is 0 Å². The maximum absolute atomic E-state index is 10.5. The van der Waals surface area contributed by atoms with Gasteiger partial charge < -0.3 is 5.11 Å². The van der Waals surface area contributed by atoms with Crippen molar-refractivity contribution in [2.75, 3.05) is 0 Å². The Balaban J connectivity index is 3.31. The van der Waals surface area contributed by atoms with E-state index < -0.39 is 11.5 Å². The minimum absolute atomic E-state index is 0.151. The third-order valence-electron chi connectivity index (χ3n) is 3.46. The van der Waals surface area contributed by atoms with Crippen molar-refractivity contribution in [3.8, 4) is 6.07 Å². The summed E-state index contributed by atoms with van der Waals surface area (Å²) in [6.45, 7) is 9.88. The van der Waals surface area contributed by atoms with Gasteiger partial charge in [0.15, 0.2) is 0 Å². The van der Waals surface area contributed by atoms with Crippen molar-refractivity contribution in [3.05, 3.63) is 17.5 Å². The molecule has 0 aliphatic heterocycles. The molecule has 1 aromatic rings. The van der Waals surface area contributed by atoms with Gasteiger partial charge in [-0.2, -0.15) is 10.4 Å². The van der Waals surface area contributed by atoms with E-state index >= 15 is 0 Å². The van der Waals surface area contributed by atoms with Crippen LogP contribution >= 0.6 is 0 Å². The molecule has 0 aliphatic carbocycles. The first-order chi connectivity index (χ1) is 8.15. The Labute approximate surface area is 109 Å². The van der Waals surface area contributed by atoms with E-state index in [1.807, 2.05) is 20.2 Å². The first-order valence-corrected chi connectivity index (χ1v) is 6.29. The van der Waals surface area contributed by atoms with Crippen LogP contribution in [0.5, 0.6) is 0 Å². The lowest BCUT2D eigenvalue weighted by Crippen LogP contribution is -2.26. The standard InChI is InChI=1S/C14H23N3O/c1-7-14(5,9-15)12(18)10-8-17(6)16-11(10)13(2,3)4/h8,12,18H,7H2,1-6H3. The van der Waals surface area contributed by atoms with Crippen molar-refractivity contribution in [2.45, 2.75) is 52.6 Å². The van der Waals surface area contributed by atoms with E-state index in [2.05, 4.69) is 31.9 Å². The van der Waals surface area contributed by atoms with Gasteiger partial charge in [0, 0.05) is 24.2 Å². The third kappa shape index (κ3) is 2.56. The molecule has 0 aromatic carbocycles. The molecule has 1 heterocycles. The Kier molecular flexibility index (Phi) is 3.87. The normalized spacial score (nSPS) is 17.0. The fourth-order valence-electron chi connectivity index (χ4n) is 1.97. The quantitative estimate of drug-likeness (QED) is 0.895. The fourth-order valence-corrected chi connectivity index (χ4v) is 1.97. The van der Waals surface area contributed by atoms with E-state index in [0.29, 0.717) is 6.42 Å². The van der Waals surface area contributed by atoms with Crippen molar-refractivity contribution in [1.29, 1.82) is 5.26 Å². The molecule has 1 aromatic heterocycles. The smallest absolute Gasteiger partial charge is 0.101 e. The number of hydrogen-bond acceptors (Lipinski definition) is 3. The van der Waals surface area contributed by atoms with Gasteiger partial charge in [-0.1, -0.05) is 27.7 Å². The molecule has 0 bridgehead atoms. The molecular formula is C14H23N3O. The third-order valence-corrected chi connectivity index (χ3v) is 3.46. The van der Waals surface area contributed by atoms with Gasteiger partial charge in [-0.15, -0.1) is 0 Å². The summed E-state index contributed by atoms with van der Waals surface area (Å²) < 4.78 is 1.70. The van der Waals surface area contributed by atoms with Crippen LogP contribution in [-0.2, 0) is 12.5 Å². The summed E-state index contributed by atoms with van der Waals surface area (Å²) in [5.74, 6) is 0. The second-order valence-corrected chi connectivity index (χ2v) is 6.14. The largest absolute Gasteiger partial charge is 0.387 e. The average Bonchev–Trinajstić information content (AvgIpc) is 2.69. The summed E-state index contributed by atoms with van der Waals surface area (Å²) in [6.07, 6.45) is 1.61. The second-order valence-electron chi connectivity index (χ2n) is 6.14. The summed E-state index contributed by atoms with van der Waals surface area (Å²) in [4.78, 5) is 0. The zero-order chi connectivity index (χ0) is 14.1. The summed E-state index contributed by atoms with van der Waals surface area (Å²) >= 11 is 0. The van der Waals surface area contributed by atoms with Crippen LogP contribution in [0.1, 0.15) is 58.4 Å². The molecule has 0 spiro atoms. The molecule has 2 unspecified atom stereocenters. The first-order valence-electron chi connectivity index (χ1n) is 6.29. The van der Waals surface area contributed by atoms with Crippen LogP contribution in [0.3, 0.4) is 0 Å². The zero-order valence-electron chi connectivity index (χ0n) is 12.2. The van der Waals surface area contributed by atoms with Crippen LogP contribution in [0, 0.1) is 16.7 Å². The van der Waals surface area contributed by atoms with Crippen LogP contribution in [0.15, 0.2) is 6.20 Å². The SMILES string of the molecule is CCC(C)(C#N)C(O)c1cn(C)nc1C(C)(C)C. The number of nitriles is 1. The predicted octanol–water partition coefficient (Wildman–Crippen LogP) is 2.69. The Morgan fingerprint density at radius 3 is 2.39 bits per heavy atom. The van der Waals surface area contributed by atoms with Gasteiger partial charge >= 0.3 is 0 Å². The van der Waals surface area contributed by atoms with Crippen molar-refractivity contribution < 1.29 is 5.11 Å². The number of rotatable bonds is 3. The van der Waals surface area contributed by atoms with Gasteiger partial charge in [0.1, 0.15) is 6.10 Å². The summed E-state index contributed by atoms with van der Waals surface area (Å²) in [6, 6.07) is 2.23. The molecule has 0 saturated carbocycles. The highest BCUT2D eigenvalue weighted by Crippen LogP contribution is 2.39. The van der Waals surface area contributed by atoms with Crippen LogP contribution < -0.4 is 0 Å². The zero-order valence-corrected chi connectivity index (χ0v) is 12.2. The van der Waals surface area contributed by atoms with Gasteiger partial charge in [0.05, 0.1) is 17.2 Å². The van der Waals surface area contributed by atoms with Crippen LogP contribution in [0.4, 0.5) is 0 Å². The lowest BCUT2D eigenvalue weighted by molar-refractivity contribution is 0.0706.